The molecule has 0 bridgehead atoms. The van der Waals surface area contributed by atoms with Crippen LogP contribution in [0.25, 0.3) is 0 Å². The van der Waals surface area contributed by atoms with Gasteiger partial charge in [0.1, 0.15) is 23.1 Å². The second kappa shape index (κ2) is 10.6. The molecule has 0 radical (unpaired) electrons. The Morgan fingerprint density at radius 1 is 0.879 bits per heavy atom. The van der Waals surface area contributed by atoms with Gasteiger partial charge in [0, 0.05) is 23.0 Å². The summed E-state index contributed by atoms with van der Waals surface area (Å²) in [6.07, 6.45) is 3.35. The topological polar surface area (TPSA) is 80.3 Å². The molecule has 0 aliphatic heterocycles. The van der Waals surface area contributed by atoms with E-state index in [1.54, 1.807) is 5.38 Å². The first-order chi connectivity index (χ1) is 16.0. The molecule has 4 rings (SSSR count). The third-order valence-electron chi connectivity index (χ3n) is 5.88. The summed E-state index contributed by atoms with van der Waals surface area (Å²) < 4.78 is 5.75. The zero-order valence-electron chi connectivity index (χ0n) is 19.0. The SMILES string of the molecule is Cc1ccc(OCc2nc(C(=O)NC3CCC(NC(=O)c4ccc(C)cc4)CC3)cs2)cc1. The van der Waals surface area contributed by atoms with Crippen molar-refractivity contribution in [3.63, 3.8) is 0 Å². The molecule has 1 aromatic heterocycles. The summed E-state index contributed by atoms with van der Waals surface area (Å²) in [7, 11) is 0. The number of carbonyl (C=O) groups is 2. The lowest BCUT2D eigenvalue weighted by atomic mass is 9.91. The molecule has 1 fully saturated rings. The number of thiazole rings is 1. The molecule has 33 heavy (non-hydrogen) atoms. The lowest BCUT2D eigenvalue weighted by Crippen LogP contribution is -2.43. The molecular formula is C26H29N3O3S. The molecule has 2 N–H and O–H groups in total. The molecule has 172 valence electrons. The highest BCUT2D eigenvalue weighted by Crippen LogP contribution is 2.21. The fourth-order valence-electron chi connectivity index (χ4n) is 3.88. The summed E-state index contributed by atoms with van der Waals surface area (Å²) in [6.45, 7) is 4.37. The minimum absolute atomic E-state index is 0.0367. The molecule has 2 aromatic carbocycles. The number of aryl methyl sites for hydroxylation is 2. The summed E-state index contributed by atoms with van der Waals surface area (Å²) in [5.41, 5.74) is 3.42. The van der Waals surface area contributed by atoms with Crippen molar-refractivity contribution in [1.82, 2.24) is 15.6 Å². The van der Waals surface area contributed by atoms with Crippen molar-refractivity contribution in [3.8, 4) is 5.75 Å². The van der Waals surface area contributed by atoms with Gasteiger partial charge in [-0.3, -0.25) is 9.59 Å². The van der Waals surface area contributed by atoms with Gasteiger partial charge in [0.15, 0.2) is 0 Å². The molecule has 2 amide bonds. The molecule has 3 aromatic rings. The van der Waals surface area contributed by atoms with E-state index in [0.717, 1.165) is 42.0 Å². The van der Waals surface area contributed by atoms with Gasteiger partial charge >= 0.3 is 0 Å². The van der Waals surface area contributed by atoms with Gasteiger partial charge in [0.05, 0.1) is 0 Å². The molecule has 0 saturated heterocycles. The van der Waals surface area contributed by atoms with Gasteiger partial charge in [-0.05, 0) is 63.8 Å². The Hall–Kier alpha value is -3.19. The fourth-order valence-corrected chi connectivity index (χ4v) is 4.56. The Balaban J connectivity index is 1.21. The predicted molar refractivity (Wildman–Crippen MR) is 130 cm³/mol. The maximum Gasteiger partial charge on any atom is 0.270 e. The largest absolute Gasteiger partial charge is 0.486 e. The van der Waals surface area contributed by atoms with Crippen LogP contribution in [-0.4, -0.2) is 28.9 Å². The normalized spacial score (nSPS) is 17.9. The molecule has 0 atom stereocenters. The zero-order chi connectivity index (χ0) is 23.2. The van der Waals surface area contributed by atoms with E-state index < -0.39 is 0 Å². The number of carbonyl (C=O) groups excluding carboxylic acids is 2. The Kier molecular flexibility index (Phi) is 7.40. The van der Waals surface area contributed by atoms with Crippen LogP contribution >= 0.6 is 11.3 Å². The van der Waals surface area contributed by atoms with Crippen LogP contribution in [0.15, 0.2) is 53.9 Å². The van der Waals surface area contributed by atoms with Crippen LogP contribution in [0.3, 0.4) is 0 Å². The highest BCUT2D eigenvalue weighted by Gasteiger charge is 2.25. The molecule has 0 spiro atoms. The van der Waals surface area contributed by atoms with Gasteiger partial charge in [-0.25, -0.2) is 4.98 Å². The second-order valence-corrected chi connectivity index (χ2v) is 9.53. The number of aromatic nitrogens is 1. The molecule has 6 nitrogen and oxygen atoms in total. The van der Waals surface area contributed by atoms with Crippen LogP contribution < -0.4 is 15.4 Å². The standard InChI is InChI=1S/C26H29N3O3S/c1-17-3-7-19(8-4-17)25(30)27-20-9-11-21(12-10-20)28-26(31)23-16-33-24(29-23)15-32-22-13-5-18(2)6-14-22/h3-8,13-14,16,20-21H,9-12,15H2,1-2H3,(H,27,30)(H,28,31). The summed E-state index contributed by atoms with van der Waals surface area (Å²) in [6, 6.07) is 15.7. The minimum Gasteiger partial charge on any atom is -0.486 e. The summed E-state index contributed by atoms with van der Waals surface area (Å²) in [5, 5.41) is 8.75. The Bertz CT molecular complexity index is 1080. The van der Waals surface area contributed by atoms with E-state index in [1.807, 2.05) is 62.4 Å². The number of hydrogen-bond donors (Lipinski definition) is 2. The van der Waals surface area contributed by atoms with E-state index >= 15 is 0 Å². The monoisotopic (exact) mass is 463 g/mol. The van der Waals surface area contributed by atoms with Crippen LogP contribution in [0.2, 0.25) is 0 Å². The third-order valence-corrected chi connectivity index (χ3v) is 6.70. The third kappa shape index (κ3) is 6.42. The van der Waals surface area contributed by atoms with Crippen molar-refractivity contribution in [1.29, 1.82) is 0 Å². The van der Waals surface area contributed by atoms with E-state index in [9.17, 15) is 9.59 Å². The maximum absolute atomic E-state index is 12.6. The van der Waals surface area contributed by atoms with Gasteiger partial charge in [-0.1, -0.05) is 35.4 Å². The number of benzene rings is 2. The van der Waals surface area contributed by atoms with E-state index in [-0.39, 0.29) is 23.9 Å². The first kappa shape index (κ1) is 23.0. The Morgan fingerprint density at radius 3 is 2.03 bits per heavy atom. The first-order valence-electron chi connectivity index (χ1n) is 11.3. The van der Waals surface area contributed by atoms with Gasteiger partial charge in [0.2, 0.25) is 0 Å². The average Bonchev–Trinajstić information content (AvgIpc) is 3.30. The maximum atomic E-state index is 12.6. The van der Waals surface area contributed by atoms with Gasteiger partial charge in [-0.15, -0.1) is 11.3 Å². The fraction of sp³-hybridized carbons (Fsp3) is 0.346. The smallest absolute Gasteiger partial charge is 0.270 e. The summed E-state index contributed by atoms with van der Waals surface area (Å²) >= 11 is 1.42. The van der Waals surface area contributed by atoms with Gasteiger partial charge < -0.3 is 15.4 Å². The highest BCUT2D eigenvalue weighted by atomic mass is 32.1. The molecule has 1 saturated carbocycles. The van der Waals surface area contributed by atoms with Crippen molar-refractivity contribution in [3.05, 3.63) is 81.3 Å². The van der Waals surface area contributed by atoms with E-state index in [0.29, 0.717) is 17.9 Å². The lowest BCUT2D eigenvalue weighted by Gasteiger charge is -2.29. The quantitative estimate of drug-likeness (QED) is 0.527. The average molecular weight is 464 g/mol. The number of ether oxygens (including phenoxy) is 1. The molecule has 0 unspecified atom stereocenters. The molecule has 7 heteroatoms. The van der Waals surface area contributed by atoms with Crippen LogP contribution in [-0.2, 0) is 6.61 Å². The van der Waals surface area contributed by atoms with Crippen molar-refractivity contribution in [2.24, 2.45) is 0 Å². The van der Waals surface area contributed by atoms with E-state index in [1.165, 1.54) is 16.9 Å². The van der Waals surface area contributed by atoms with E-state index in [4.69, 9.17) is 4.74 Å². The Morgan fingerprint density at radius 2 is 1.42 bits per heavy atom. The van der Waals surface area contributed by atoms with Crippen molar-refractivity contribution in [2.75, 3.05) is 0 Å². The zero-order valence-corrected chi connectivity index (χ0v) is 19.8. The van der Waals surface area contributed by atoms with Crippen molar-refractivity contribution >= 4 is 23.2 Å². The van der Waals surface area contributed by atoms with E-state index in [2.05, 4.69) is 15.6 Å². The number of nitrogens with one attached hydrogen (secondary N) is 2. The molecule has 1 heterocycles. The van der Waals surface area contributed by atoms with Crippen LogP contribution in [0.4, 0.5) is 0 Å². The predicted octanol–water partition coefficient (Wildman–Crippen LogP) is 4.81. The first-order valence-corrected chi connectivity index (χ1v) is 12.2. The van der Waals surface area contributed by atoms with Crippen LogP contribution in [0.1, 0.15) is 62.7 Å². The van der Waals surface area contributed by atoms with Crippen LogP contribution in [0.5, 0.6) is 5.75 Å². The number of hydrogen-bond acceptors (Lipinski definition) is 5. The number of amides is 2. The van der Waals surface area contributed by atoms with Crippen LogP contribution in [0, 0.1) is 13.8 Å². The molecular weight excluding hydrogens is 434 g/mol. The minimum atomic E-state index is -0.153. The number of nitrogens with zero attached hydrogens (tertiary/aromatic N) is 1. The molecule has 1 aliphatic carbocycles. The second-order valence-electron chi connectivity index (χ2n) is 8.59. The Labute approximate surface area is 198 Å². The van der Waals surface area contributed by atoms with Crippen molar-refractivity contribution < 1.29 is 14.3 Å². The molecule has 1 aliphatic rings. The lowest BCUT2D eigenvalue weighted by molar-refractivity contribution is 0.0889. The summed E-state index contributed by atoms with van der Waals surface area (Å²) in [4.78, 5) is 29.5. The highest BCUT2D eigenvalue weighted by molar-refractivity contribution is 7.09. The summed E-state index contributed by atoms with van der Waals surface area (Å²) in [5.74, 6) is 0.596. The number of rotatable bonds is 7. The van der Waals surface area contributed by atoms with Gasteiger partial charge in [-0.2, -0.15) is 0 Å². The van der Waals surface area contributed by atoms with Crippen molar-refractivity contribution in [2.45, 2.75) is 58.2 Å². The van der Waals surface area contributed by atoms with Gasteiger partial charge in [0.25, 0.3) is 11.8 Å².